The van der Waals surface area contributed by atoms with E-state index >= 15 is 0 Å². The highest BCUT2D eigenvalue weighted by Crippen LogP contribution is 2.40. The highest BCUT2D eigenvalue weighted by atomic mass is 16.6. The number of amides is 2. The molecule has 0 N–H and O–H groups in total. The minimum atomic E-state index is -0.702. The summed E-state index contributed by atoms with van der Waals surface area (Å²) in [7, 11) is 0. The van der Waals surface area contributed by atoms with Gasteiger partial charge in [-0.25, -0.2) is 19.5 Å². The Balaban J connectivity index is 1.34. The highest BCUT2D eigenvalue weighted by molar-refractivity contribution is 5.88. The van der Waals surface area contributed by atoms with Gasteiger partial charge in [0.1, 0.15) is 11.2 Å². The van der Waals surface area contributed by atoms with E-state index in [1.807, 2.05) is 41.3 Å². The van der Waals surface area contributed by atoms with Crippen LogP contribution in [0.15, 0.2) is 42.9 Å². The van der Waals surface area contributed by atoms with Crippen molar-refractivity contribution in [3.8, 4) is 11.3 Å². The molecule has 9 nitrogen and oxygen atoms in total. The molecule has 0 saturated heterocycles. The average molecular weight is 494 g/mol. The largest absolute Gasteiger partial charge is 0.443 e. The van der Waals surface area contributed by atoms with Gasteiger partial charge in [0.15, 0.2) is 0 Å². The zero-order valence-corrected chi connectivity index (χ0v) is 21.9. The lowest BCUT2D eigenvalue weighted by molar-refractivity contribution is -0.000730. The van der Waals surface area contributed by atoms with Crippen molar-refractivity contribution in [2.45, 2.75) is 78.0 Å². The summed E-state index contributed by atoms with van der Waals surface area (Å²) >= 11 is 0. The molecule has 0 unspecified atom stereocenters. The monoisotopic (exact) mass is 493 g/mol. The number of carbonyl (C=O) groups excluding carboxylic acids is 2. The third-order valence-corrected chi connectivity index (χ3v) is 5.92. The number of fused-ring (bicyclic) bond motifs is 1. The average Bonchev–Trinajstić information content (AvgIpc) is 3.22. The second-order valence-corrected chi connectivity index (χ2v) is 11.3. The summed E-state index contributed by atoms with van der Waals surface area (Å²) < 4.78 is 12.9. The summed E-state index contributed by atoms with van der Waals surface area (Å²) in [6, 6.07) is 8.06. The number of hydrogen-bond donors (Lipinski definition) is 0. The number of rotatable bonds is 5. The van der Waals surface area contributed by atoms with Gasteiger partial charge in [-0.05, 0) is 78.9 Å². The fourth-order valence-corrected chi connectivity index (χ4v) is 4.12. The number of para-hydroxylation sites is 2. The van der Waals surface area contributed by atoms with Gasteiger partial charge in [0.2, 0.25) is 0 Å². The maximum atomic E-state index is 12.7. The summed E-state index contributed by atoms with van der Waals surface area (Å²) in [5.41, 5.74) is 2.03. The Hall–Kier alpha value is -3.49. The predicted octanol–water partition coefficient (Wildman–Crippen LogP) is 6.01. The molecule has 0 radical (unpaired) electrons. The maximum Gasteiger partial charge on any atom is 0.419 e. The predicted molar refractivity (Wildman–Crippen MR) is 136 cm³/mol. The molecular weight excluding hydrogens is 458 g/mol. The van der Waals surface area contributed by atoms with Crippen LogP contribution in [0.3, 0.4) is 0 Å². The molecule has 1 aromatic carbocycles. The first-order valence-electron chi connectivity index (χ1n) is 12.4. The summed E-state index contributed by atoms with van der Waals surface area (Å²) in [5, 5.41) is 4.55. The van der Waals surface area contributed by atoms with E-state index in [2.05, 4.69) is 10.1 Å². The lowest BCUT2D eigenvalue weighted by Crippen LogP contribution is -2.45. The Labute approximate surface area is 211 Å². The van der Waals surface area contributed by atoms with Crippen molar-refractivity contribution in [2.75, 3.05) is 6.54 Å². The molecule has 0 aliphatic heterocycles. The van der Waals surface area contributed by atoms with E-state index in [0.717, 1.165) is 40.0 Å². The number of imide groups is 1. The van der Waals surface area contributed by atoms with Crippen LogP contribution in [0.2, 0.25) is 0 Å². The van der Waals surface area contributed by atoms with Crippen molar-refractivity contribution in [3.05, 3.63) is 42.9 Å². The second kappa shape index (κ2) is 9.87. The Bertz CT molecular complexity index is 1210. The normalized spacial score (nSPS) is 17.9. The van der Waals surface area contributed by atoms with Gasteiger partial charge in [0, 0.05) is 18.3 Å². The van der Waals surface area contributed by atoms with E-state index in [1.54, 1.807) is 47.7 Å². The van der Waals surface area contributed by atoms with E-state index in [9.17, 15) is 9.59 Å². The first kappa shape index (κ1) is 25.6. The van der Waals surface area contributed by atoms with E-state index < -0.39 is 23.4 Å². The van der Waals surface area contributed by atoms with Gasteiger partial charge in [-0.2, -0.15) is 5.10 Å². The van der Waals surface area contributed by atoms with Crippen LogP contribution in [-0.4, -0.2) is 54.6 Å². The molecule has 36 heavy (non-hydrogen) atoms. The molecule has 9 heteroatoms. The molecule has 2 aromatic heterocycles. The number of ether oxygens (including phenoxy) is 2. The fraction of sp³-hybridized carbons (Fsp3) is 0.519. The molecule has 3 aromatic rings. The van der Waals surface area contributed by atoms with Gasteiger partial charge in [-0.1, -0.05) is 12.1 Å². The van der Waals surface area contributed by atoms with Crippen molar-refractivity contribution >= 4 is 23.2 Å². The number of carbonyl (C=O) groups is 2. The quantitative estimate of drug-likeness (QED) is 0.429. The van der Waals surface area contributed by atoms with Gasteiger partial charge < -0.3 is 9.47 Å². The maximum absolute atomic E-state index is 12.7. The SMILES string of the molecule is CC(C)(C)OC(=O)N(CCC1CC(n2cc(-c3cnc4ccccc4n3)cn2)C1)C(=O)OC(C)(C)C. The summed E-state index contributed by atoms with van der Waals surface area (Å²) in [6.07, 6.45) is 6.75. The molecule has 1 aliphatic carbocycles. The van der Waals surface area contributed by atoms with Gasteiger partial charge in [-0.3, -0.25) is 9.67 Å². The van der Waals surface area contributed by atoms with Crippen LogP contribution in [0.5, 0.6) is 0 Å². The number of hydrogen-bond acceptors (Lipinski definition) is 7. The molecule has 0 atom stereocenters. The Morgan fingerprint density at radius 3 is 2.19 bits per heavy atom. The molecule has 192 valence electrons. The molecule has 2 amide bonds. The Kier molecular flexibility index (Phi) is 7.02. The van der Waals surface area contributed by atoms with Crippen LogP contribution < -0.4 is 0 Å². The van der Waals surface area contributed by atoms with Gasteiger partial charge in [-0.15, -0.1) is 0 Å². The van der Waals surface area contributed by atoms with Crippen molar-refractivity contribution in [1.29, 1.82) is 0 Å². The molecule has 1 aliphatic rings. The van der Waals surface area contributed by atoms with Crippen molar-refractivity contribution in [2.24, 2.45) is 5.92 Å². The lowest BCUT2D eigenvalue weighted by atomic mass is 9.78. The second-order valence-electron chi connectivity index (χ2n) is 11.3. The van der Waals surface area contributed by atoms with Crippen LogP contribution in [-0.2, 0) is 9.47 Å². The zero-order valence-electron chi connectivity index (χ0n) is 21.9. The molecule has 2 heterocycles. The lowest BCUT2D eigenvalue weighted by Gasteiger charge is -2.36. The minimum Gasteiger partial charge on any atom is -0.443 e. The highest BCUT2D eigenvalue weighted by Gasteiger charge is 2.35. The van der Waals surface area contributed by atoms with Crippen molar-refractivity contribution in [1.82, 2.24) is 24.6 Å². The molecule has 1 saturated carbocycles. The van der Waals surface area contributed by atoms with E-state index in [-0.39, 0.29) is 12.6 Å². The minimum absolute atomic E-state index is 0.248. The first-order valence-corrected chi connectivity index (χ1v) is 12.4. The van der Waals surface area contributed by atoms with Crippen molar-refractivity contribution in [3.63, 3.8) is 0 Å². The smallest absolute Gasteiger partial charge is 0.419 e. The fourth-order valence-electron chi connectivity index (χ4n) is 4.12. The van der Waals surface area contributed by atoms with Gasteiger partial charge in [0.25, 0.3) is 0 Å². The van der Waals surface area contributed by atoms with Gasteiger partial charge >= 0.3 is 12.2 Å². The van der Waals surface area contributed by atoms with Crippen LogP contribution in [0.25, 0.3) is 22.3 Å². The van der Waals surface area contributed by atoms with Gasteiger partial charge in [0.05, 0.1) is 35.2 Å². The standard InChI is InChI=1S/C27H35N5O4/c1-26(2,3)35-24(33)31(25(34)36-27(4,5)6)12-11-18-13-20(14-18)32-17-19(15-29-32)23-16-28-21-9-7-8-10-22(21)30-23/h7-10,15-18,20H,11-14H2,1-6H3. The van der Waals surface area contributed by atoms with Crippen LogP contribution in [0, 0.1) is 5.92 Å². The molecule has 0 spiro atoms. The molecule has 4 rings (SSSR count). The van der Waals surface area contributed by atoms with E-state index in [0.29, 0.717) is 12.3 Å². The number of aromatic nitrogens is 4. The molecule has 0 bridgehead atoms. The third-order valence-electron chi connectivity index (χ3n) is 5.92. The van der Waals surface area contributed by atoms with Crippen LogP contribution >= 0.6 is 0 Å². The molecular formula is C27H35N5O4. The van der Waals surface area contributed by atoms with Crippen LogP contribution in [0.1, 0.15) is 66.8 Å². The number of nitrogens with zero attached hydrogens (tertiary/aromatic N) is 5. The van der Waals surface area contributed by atoms with E-state index in [4.69, 9.17) is 14.5 Å². The third kappa shape index (κ3) is 6.38. The first-order chi connectivity index (χ1) is 16.9. The molecule has 1 fully saturated rings. The van der Waals surface area contributed by atoms with Crippen LogP contribution in [0.4, 0.5) is 9.59 Å². The summed E-state index contributed by atoms with van der Waals surface area (Å²) in [4.78, 5) is 35.6. The topological polar surface area (TPSA) is 99.4 Å². The Morgan fingerprint density at radius 1 is 0.972 bits per heavy atom. The van der Waals surface area contributed by atoms with E-state index in [1.165, 1.54) is 0 Å². The zero-order chi connectivity index (χ0) is 26.1. The summed E-state index contributed by atoms with van der Waals surface area (Å²) in [6.45, 7) is 10.9. The summed E-state index contributed by atoms with van der Waals surface area (Å²) in [5.74, 6) is 0.371. The Morgan fingerprint density at radius 2 is 1.58 bits per heavy atom. The number of benzene rings is 1. The van der Waals surface area contributed by atoms with Crippen molar-refractivity contribution < 1.29 is 19.1 Å².